The van der Waals surface area contributed by atoms with Gasteiger partial charge in [0, 0.05) is 5.38 Å². The summed E-state index contributed by atoms with van der Waals surface area (Å²) < 4.78 is 5.08. The van der Waals surface area contributed by atoms with E-state index in [2.05, 4.69) is 10.3 Å². The standard InChI is InChI=1S/C14H16N2O3S/c1-14(2,18)11-9-20-12(15-11)16-13(17)19-8-10-6-4-3-5-7-10/h3-7,9,18H,8H2,1-2H3,(H,15,16,17). The number of hydrogen-bond acceptors (Lipinski definition) is 5. The molecule has 6 heteroatoms. The van der Waals surface area contributed by atoms with E-state index < -0.39 is 11.7 Å². The number of thiazole rings is 1. The molecule has 0 unspecified atom stereocenters. The molecule has 2 N–H and O–H groups in total. The minimum absolute atomic E-state index is 0.205. The normalized spacial score (nSPS) is 11.2. The number of aliphatic hydroxyl groups is 1. The van der Waals surface area contributed by atoms with Gasteiger partial charge in [0.1, 0.15) is 12.2 Å². The third-order valence-corrected chi connectivity index (χ3v) is 3.31. The number of amides is 1. The summed E-state index contributed by atoms with van der Waals surface area (Å²) >= 11 is 1.24. The number of nitrogens with one attached hydrogen (secondary N) is 1. The lowest BCUT2D eigenvalue weighted by atomic mass is 10.1. The predicted molar refractivity (Wildman–Crippen MR) is 77.6 cm³/mol. The van der Waals surface area contributed by atoms with Crippen LogP contribution in [0.5, 0.6) is 0 Å². The zero-order chi connectivity index (χ0) is 14.6. The van der Waals surface area contributed by atoms with E-state index in [1.807, 2.05) is 30.3 Å². The van der Waals surface area contributed by atoms with Crippen LogP contribution in [0.1, 0.15) is 25.1 Å². The fourth-order valence-electron chi connectivity index (χ4n) is 1.46. The van der Waals surface area contributed by atoms with Crippen LogP contribution in [0.3, 0.4) is 0 Å². The number of hydrogen-bond donors (Lipinski definition) is 2. The molecule has 0 atom stereocenters. The summed E-state index contributed by atoms with van der Waals surface area (Å²) in [4.78, 5) is 15.7. The highest BCUT2D eigenvalue weighted by molar-refractivity contribution is 7.13. The number of benzene rings is 1. The van der Waals surface area contributed by atoms with Crippen molar-refractivity contribution in [3.05, 3.63) is 47.0 Å². The van der Waals surface area contributed by atoms with E-state index in [-0.39, 0.29) is 6.61 Å². The average molecular weight is 292 g/mol. The Morgan fingerprint density at radius 2 is 2.10 bits per heavy atom. The van der Waals surface area contributed by atoms with Crippen molar-refractivity contribution in [2.24, 2.45) is 0 Å². The minimum atomic E-state index is -1.02. The number of carbonyl (C=O) groups is 1. The molecule has 5 nitrogen and oxygen atoms in total. The Labute approximate surface area is 121 Å². The molecule has 0 aliphatic rings. The molecule has 0 fully saturated rings. The largest absolute Gasteiger partial charge is 0.444 e. The Balaban J connectivity index is 1.87. The second kappa shape index (κ2) is 6.02. The van der Waals surface area contributed by atoms with Crippen LogP contribution in [-0.4, -0.2) is 16.2 Å². The lowest BCUT2D eigenvalue weighted by molar-refractivity contribution is 0.0746. The second-order valence-electron chi connectivity index (χ2n) is 4.78. The highest BCUT2D eigenvalue weighted by atomic mass is 32.1. The number of nitrogens with zero attached hydrogens (tertiary/aromatic N) is 1. The van der Waals surface area contributed by atoms with E-state index in [1.165, 1.54) is 11.3 Å². The summed E-state index contributed by atoms with van der Waals surface area (Å²) in [5, 5.41) is 14.4. The van der Waals surface area contributed by atoms with Crippen molar-refractivity contribution in [1.82, 2.24) is 4.98 Å². The summed E-state index contributed by atoms with van der Waals surface area (Å²) in [6.45, 7) is 3.48. The van der Waals surface area contributed by atoms with E-state index in [4.69, 9.17) is 4.74 Å². The van der Waals surface area contributed by atoms with Gasteiger partial charge in [0.05, 0.1) is 5.69 Å². The van der Waals surface area contributed by atoms with Crippen molar-refractivity contribution in [1.29, 1.82) is 0 Å². The van der Waals surface area contributed by atoms with Crippen LogP contribution in [0.4, 0.5) is 9.93 Å². The molecule has 1 amide bonds. The highest BCUT2D eigenvalue weighted by Crippen LogP contribution is 2.24. The molecule has 0 bridgehead atoms. The second-order valence-corrected chi connectivity index (χ2v) is 5.64. The fourth-order valence-corrected chi connectivity index (χ4v) is 2.32. The van der Waals surface area contributed by atoms with Gasteiger partial charge in [-0.2, -0.15) is 0 Å². The average Bonchev–Trinajstić information content (AvgIpc) is 2.86. The molecule has 0 aliphatic heterocycles. The SMILES string of the molecule is CC(C)(O)c1csc(NC(=O)OCc2ccccc2)n1. The summed E-state index contributed by atoms with van der Waals surface area (Å²) in [6, 6.07) is 9.42. The van der Waals surface area contributed by atoms with Gasteiger partial charge in [-0.15, -0.1) is 11.3 Å². The zero-order valence-electron chi connectivity index (χ0n) is 11.3. The molecule has 20 heavy (non-hydrogen) atoms. The Hall–Kier alpha value is -1.92. The van der Waals surface area contributed by atoms with Gasteiger partial charge in [-0.1, -0.05) is 30.3 Å². The lowest BCUT2D eigenvalue weighted by Gasteiger charge is -2.12. The predicted octanol–water partition coefficient (Wildman–Crippen LogP) is 3.12. The maximum Gasteiger partial charge on any atom is 0.413 e. The molecule has 0 aliphatic carbocycles. The molecule has 0 saturated heterocycles. The van der Waals surface area contributed by atoms with Gasteiger partial charge in [0.15, 0.2) is 5.13 Å². The van der Waals surface area contributed by atoms with Gasteiger partial charge < -0.3 is 9.84 Å². The monoisotopic (exact) mass is 292 g/mol. The number of rotatable bonds is 4. The van der Waals surface area contributed by atoms with E-state index in [1.54, 1.807) is 19.2 Å². The smallest absolute Gasteiger partial charge is 0.413 e. The molecule has 0 radical (unpaired) electrons. The summed E-state index contributed by atoms with van der Waals surface area (Å²) in [5.41, 5.74) is 0.407. The third kappa shape index (κ3) is 4.04. The number of ether oxygens (including phenoxy) is 1. The van der Waals surface area contributed by atoms with Crippen LogP contribution >= 0.6 is 11.3 Å². The van der Waals surface area contributed by atoms with Crippen molar-refractivity contribution in [3.8, 4) is 0 Å². The third-order valence-electron chi connectivity index (χ3n) is 2.55. The summed E-state index contributed by atoms with van der Waals surface area (Å²) in [5.74, 6) is 0. The van der Waals surface area contributed by atoms with Crippen LogP contribution in [0, 0.1) is 0 Å². The maximum atomic E-state index is 11.6. The Morgan fingerprint density at radius 1 is 1.40 bits per heavy atom. The fraction of sp³-hybridized carbons (Fsp3) is 0.286. The first kappa shape index (κ1) is 14.5. The Morgan fingerprint density at radius 3 is 2.70 bits per heavy atom. The topological polar surface area (TPSA) is 71.5 Å². The molecule has 1 aromatic carbocycles. The molecular formula is C14H16N2O3S. The van der Waals surface area contributed by atoms with E-state index >= 15 is 0 Å². The molecule has 0 spiro atoms. The van der Waals surface area contributed by atoms with Gasteiger partial charge in [-0.05, 0) is 19.4 Å². The van der Waals surface area contributed by atoms with Crippen molar-refractivity contribution in [2.45, 2.75) is 26.1 Å². The molecular weight excluding hydrogens is 276 g/mol. The molecule has 1 heterocycles. The molecule has 106 valence electrons. The zero-order valence-corrected chi connectivity index (χ0v) is 12.1. The first-order valence-corrected chi connectivity index (χ1v) is 6.99. The summed E-state index contributed by atoms with van der Waals surface area (Å²) in [7, 11) is 0. The molecule has 2 rings (SSSR count). The summed E-state index contributed by atoms with van der Waals surface area (Å²) in [6.07, 6.45) is -0.564. The van der Waals surface area contributed by atoms with Crippen LogP contribution in [0.15, 0.2) is 35.7 Å². The van der Waals surface area contributed by atoms with Gasteiger partial charge in [-0.25, -0.2) is 9.78 Å². The van der Waals surface area contributed by atoms with Crippen molar-refractivity contribution in [3.63, 3.8) is 0 Å². The Bertz CT molecular complexity index is 576. The van der Waals surface area contributed by atoms with Crippen molar-refractivity contribution >= 4 is 22.6 Å². The van der Waals surface area contributed by atoms with E-state index in [0.717, 1.165) is 5.56 Å². The number of carbonyl (C=O) groups excluding carboxylic acids is 1. The molecule has 0 saturated carbocycles. The van der Waals surface area contributed by atoms with Crippen molar-refractivity contribution < 1.29 is 14.6 Å². The van der Waals surface area contributed by atoms with Crippen LogP contribution < -0.4 is 5.32 Å². The van der Waals surface area contributed by atoms with Gasteiger partial charge in [0.25, 0.3) is 0 Å². The van der Waals surface area contributed by atoms with E-state index in [9.17, 15) is 9.90 Å². The van der Waals surface area contributed by atoms with Gasteiger partial charge in [-0.3, -0.25) is 5.32 Å². The van der Waals surface area contributed by atoms with Crippen LogP contribution in [0.2, 0.25) is 0 Å². The first-order valence-electron chi connectivity index (χ1n) is 6.11. The maximum absolute atomic E-state index is 11.6. The number of aromatic nitrogens is 1. The van der Waals surface area contributed by atoms with Crippen molar-refractivity contribution in [2.75, 3.05) is 5.32 Å². The van der Waals surface area contributed by atoms with Gasteiger partial charge >= 0.3 is 6.09 Å². The van der Waals surface area contributed by atoms with Crippen LogP contribution in [-0.2, 0) is 16.9 Å². The Kier molecular flexibility index (Phi) is 4.36. The van der Waals surface area contributed by atoms with E-state index in [0.29, 0.717) is 10.8 Å². The first-order chi connectivity index (χ1) is 9.45. The minimum Gasteiger partial charge on any atom is -0.444 e. The number of anilines is 1. The van der Waals surface area contributed by atoms with Crippen LogP contribution in [0.25, 0.3) is 0 Å². The quantitative estimate of drug-likeness (QED) is 0.908. The highest BCUT2D eigenvalue weighted by Gasteiger charge is 2.20. The van der Waals surface area contributed by atoms with Gasteiger partial charge in [0.2, 0.25) is 0 Å². The lowest BCUT2D eigenvalue weighted by Crippen LogP contribution is -2.17. The molecule has 2 aromatic rings. The molecule has 1 aromatic heterocycles.